The summed E-state index contributed by atoms with van der Waals surface area (Å²) >= 11 is 0. The van der Waals surface area contributed by atoms with Crippen molar-refractivity contribution in [2.45, 2.75) is 26.4 Å². The van der Waals surface area contributed by atoms with E-state index in [1.165, 1.54) is 12.4 Å². The number of pyridine rings is 2. The zero-order chi connectivity index (χ0) is 17.7. The van der Waals surface area contributed by atoms with Crippen molar-refractivity contribution in [2.24, 2.45) is 0 Å². The van der Waals surface area contributed by atoms with Gasteiger partial charge in [0.1, 0.15) is 23.0 Å². The third-order valence-corrected chi connectivity index (χ3v) is 2.90. The Morgan fingerprint density at radius 3 is 2.75 bits per heavy atom. The first kappa shape index (κ1) is 17.4. The predicted molar refractivity (Wildman–Crippen MR) is 88.9 cm³/mol. The van der Waals surface area contributed by atoms with E-state index in [0.717, 1.165) is 0 Å². The summed E-state index contributed by atoms with van der Waals surface area (Å²) in [6, 6.07) is 3.42. The van der Waals surface area contributed by atoms with Gasteiger partial charge >= 0.3 is 11.8 Å². The molecule has 9 nitrogen and oxygen atoms in total. The monoisotopic (exact) mass is 333 g/mol. The minimum Gasteiger partial charge on any atom is -0.444 e. The molecule has 2 aromatic heterocycles. The lowest BCUT2D eigenvalue weighted by atomic mass is 10.2. The molecule has 0 saturated carbocycles. The van der Waals surface area contributed by atoms with Crippen LogP contribution < -0.4 is 10.6 Å². The highest BCUT2D eigenvalue weighted by molar-refractivity contribution is 5.92. The van der Waals surface area contributed by atoms with E-state index in [9.17, 15) is 14.9 Å². The lowest BCUT2D eigenvalue weighted by molar-refractivity contribution is -0.384. The van der Waals surface area contributed by atoms with E-state index < -0.39 is 16.6 Å². The van der Waals surface area contributed by atoms with Crippen LogP contribution in [0, 0.1) is 10.1 Å². The SMILES string of the molecule is CC(C)(C)OC(=O)NCCNc1c([N+](=O)[O-])cnc2cccnc12. The van der Waals surface area contributed by atoms with Gasteiger partial charge < -0.3 is 15.4 Å². The summed E-state index contributed by atoms with van der Waals surface area (Å²) in [5.41, 5.74) is 0.478. The van der Waals surface area contributed by atoms with E-state index >= 15 is 0 Å². The number of nitro groups is 1. The van der Waals surface area contributed by atoms with Crippen LogP contribution in [-0.4, -0.2) is 39.7 Å². The fourth-order valence-corrected chi connectivity index (χ4v) is 1.99. The van der Waals surface area contributed by atoms with Gasteiger partial charge in [0.25, 0.3) is 0 Å². The molecule has 0 aliphatic rings. The highest BCUT2D eigenvalue weighted by Crippen LogP contribution is 2.29. The summed E-state index contributed by atoms with van der Waals surface area (Å²) in [4.78, 5) is 30.4. The molecular formula is C15H19N5O4. The van der Waals surface area contributed by atoms with Gasteiger partial charge in [0, 0.05) is 19.3 Å². The maximum atomic E-state index is 11.6. The van der Waals surface area contributed by atoms with Crippen LogP contribution >= 0.6 is 0 Å². The van der Waals surface area contributed by atoms with Gasteiger partial charge in [0.05, 0.1) is 10.4 Å². The molecule has 2 rings (SSSR count). The quantitative estimate of drug-likeness (QED) is 0.490. The first-order valence-electron chi connectivity index (χ1n) is 7.37. The van der Waals surface area contributed by atoms with Crippen molar-refractivity contribution in [3.63, 3.8) is 0 Å². The molecule has 0 aromatic carbocycles. The Balaban J connectivity index is 2.05. The number of nitrogens with zero attached hydrogens (tertiary/aromatic N) is 3. The van der Waals surface area contributed by atoms with Crippen LogP contribution in [0.25, 0.3) is 11.0 Å². The normalized spacial score (nSPS) is 11.1. The molecule has 0 saturated heterocycles. The molecule has 0 atom stereocenters. The zero-order valence-corrected chi connectivity index (χ0v) is 13.7. The van der Waals surface area contributed by atoms with Gasteiger partial charge in [-0.05, 0) is 32.9 Å². The van der Waals surface area contributed by atoms with Crippen molar-refractivity contribution in [3.8, 4) is 0 Å². The number of hydrogen-bond donors (Lipinski definition) is 2. The molecule has 2 N–H and O–H groups in total. The second-order valence-corrected chi connectivity index (χ2v) is 6.00. The first-order chi connectivity index (χ1) is 11.3. The van der Waals surface area contributed by atoms with Gasteiger partial charge in [-0.1, -0.05) is 0 Å². The number of alkyl carbamates (subject to hydrolysis) is 1. The molecule has 0 bridgehead atoms. The molecule has 2 aromatic rings. The average Bonchev–Trinajstić information content (AvgIpc) is 2.49. The topological polar surface area (TPSA) is 119 Å². The minimum absolute atomic E-state index is 0.168. The number of carbonyl (C=O) groups is 1. The van der Waals surface area contributed by atoms with E-state index in [1.807, 2.05) is 0 Å². The van der Waals surface area contributed by atoms with Crippen LogP contribution in [0.5, 0.6) is 0 Å². The molecule has 0 spiro atoms. The Hall–Kier alpha value is -2.97. The fraction of sp³-hybridized carbons (Fsp3) is 0.400. The predicted octanol–water partition coefficient (Wildman–Crippen LogP) is 2.47. The van der Waals surface area contributed by atoms with Crippen molar-refractivity contribution in [1.82, 2.24) is 15.3 Å². The number of aromatic nitrogens is 2. The molecule has 0 unspecified atom stereocenters. The van der Waals surface area contributed by atoms with Gasteiger partial charge in [-0.25, -0.2) is 9.78 Å². The molecule has 0 radical (unpaired) electrons. The van der Waals surface area contributed by atoms with Crippen LogP contribution in [0.2, 0.25) is 0 Å². The molecule has 0 aliphatic carbocycles. The van der Waals surface area contributed by atoms with Crippen molar-refractivity contribution >= 4 is 28.5 Å². The second kappa shape index (κ2) is 7.07. The number of carbonyl (C=O) groups excluding carboxylic acids is 1. The molecular weight excluding hydrogens is 314 g/mol. The van der Waals surface area contributed by atoms with Gasteiger partial charge in [-0.2, -0.15) is 0 Å². The number of fused-ring (bicyclic) bond motifs is 1. The van der Waals surface area contributed by atoms with Crippen LogP contribution in [0.3, 0.4) is 0 Å². The van der Waals surface area contributed by atoms with Gasteiger partial charge in [0.15, 0.2) is 0 Å². The average molecular weight is 333 g/mol. The molecule has 9 heteroatoms. The summed E-state index contributed by atoms with van der Waals surface area (Å²) < 4.78 is 5.11. The van der Waals surface area contributed by atoms with E-state index in [0.29, 0.717) is 11.0 Å². The number of anilines is 1. The van der Waals surface area contributed by atoms with Crippen LogP contribution in [0.15, 0.2) is 24.5 Å². The van der Waals surface area contributed by atoms with Gasteiger partial charge in [0.2, 0.25) is 0 Å². The smallest absolute Gasteiger partial charge is 0.407 e. The Kier molecular flexibility index (Phi) is 5.12. The number of nitrogens with one attached hydrogen (secondary N) is 2. The van der Waals surface area contributed by atoms with E-state index in [-0.39, 0.29) is 24.5 Å². The van der Waals surface area contributed by atoms with E-state index in [4.69, 9.17) is 4.74 Å². The Morgan fingerprint density at radius 2 is 2.08 bits per heavy atom. The largest absolute Gasteiger partial charge is 0.444 e. The Labute approximate surface area is 138 Å². The lowest BCUT2D eigenvalue weighted by Crippen LogP contribution is -2.35. The maximum absolute atomic E-state index is 11.6. The number of amides is 1. The van der Waals surface area contributed by atoms with Crippen molar-refractivity contribution in [1.29, 1.82) is 0 Å². The summed E-state index contributed by atoms with van der Waals surface area (Å²) in [5, 5.41) is 16.7. The standard InChI is InChI=1S/C15H19N5O4/c1-15(2,3)24-14(21)18-8-7-17-13-11(20(22)23)9-19-10-5-4-6-16-12(10)13/h4-6,9H,7-8H2,1-3H3,(H,17,19)(H,18,21). The molecule has 1 amide bonds. The number of rotatable bonds is 5. The zero-order valence-electron chi connectivity index (χ0n) is 13.7. The van der Waals surface area contributed by atoms with Crippen LogP contribution in [0.4, 0.5) is 16.2 Å². The van der Waals surface area contributed by atoms with Crippen molar-refractivity contribution in [2.75, 3.05) is 18.4 Å². The molecule has 0 aliphatic heterocycles. The van der Waals surface area contributed by atoms with E-state index in [2.05, 4.69) is 20.6 Å². The fourth-order valence-electron chi connectivity index (χ4n) is 1.99. The third kappa shape index (κ3) is 4.51. The maximum Gasteiger partial charge on any atom is 0.407 e. The molecule has 0 fully saturated rings. The number of hydrogen-bond acceptors (Lipinski definition) is 7. The summed E-state index contributed by atoms with van der Waals surface area (Å²) in [5.74, 6) is 0. The van der Waals surface area contributed by atoms with Crippen molar-refractivity contribution < 1.29 is 14.5 Å². The van der Waals surface area contributed by atoms with Gasteiger partial charge in [-0.15, -0.1) is 0 Å². The van der Waals surface area contributed by atoms with Gasteiger partial charge in [-0.3, -0.25) is 15.1 Å². The first-order valence-corrected chi connectivity index (χ1v) is 7.37. The third-order valence-electron chi connectivity index (χ3n) is 2.90. The Bertz CT molecular complexity index is 757. The highest BCUT2D eigenvalue weighted by atomic mass is 16.6. The Morgan fingerprint density at radius 1 is 1.33 bits per heavy atom. The number of ether oxygens (including phenoxy) is 1. The summed E-state index contributed by atoms with van der Waals surface area (Å²) in [7, 11) is 0. The molecule has 24 heavy (non-hydrogen) atoms. The molecule has 128 valence electrons. The lowest BCUT2D eigenvalue weighted by Gasteiger charge is -2.19. The molecule has 2 heterocycles. The highest BCUT2D eigenvalue weighted by Gasteiger charge is 2.19. The van der Waals surface area contributed by atoms with Crippen LogP contribution in [0.1, 0.15) is 20.8 Å². The van der Waals surface area contributed by atoms with E-state index in [1.54, 1.807) is 32.9 Å². The van der Waals surface area contributed by atoms with Crippen molar-refractivity contribution in [3.05, 3.63) is 34.6 Å². The summed E-state index contributed by atoms with van der Waals surface area (Å²) in [6.45, 7) is 5.81. The second-order valence-electron chi connectivity index (χ2n) is 6.00. The summed E-state index contributed by atoms with van der Waals surface area (Å²) in [6.07, 6.45) is 2.18. The van der Waals surface area contributed by atoms with Crippen LogP contribution in [-0.2, 0) is 4.74 Å². The minimum atomic E-state index is -0.582.